The van der Waals surface area contributed by atoms with E-state index in [1.165, 1.54) is 36.4 Å². The van der Waals surface area contributed by atoms with Crippen molar-refractivity contribution in [1.82, 2.24) is 29.9 Å². The minimum Gasteiger partial charge on any atom is -0.481 e. The number of nitrogens with two attached hydrogens (primary N) is 1. The number of carbonyl (C=O) groups is 2. The molecule has 0 bridgehead atoms. The standard InChI is InChI=1S/C24H22N6O4.C16H17N5O.C8H7NO4/c31-22(13-16-1-7-19(8-2-16)30(32)33)27-18-5-3-17(4-6-18)21-14-20-23(28-21)25-15-26-24(20)29-9-11-34-12-10-29;17-12-3-1-11(2-4-12)14-9-13-15(20-14)18-10-19-16(13)21-5-7-22-8-6-21;10-8(11)5-6-1-3-7(4-2-6)9(12)13/h1-8,14-15H,9-13H2,(H,27,31)(H,25,26,28);1-4,9-10H,5-8,17H2,(H,18,19,20);1-4H,5H2,(H,10,11). The number of non-ortho nitro benzene ring substituents is 2. The van der Waals surface area contributed by atoms with Gasteiger partial charge in [0.05, 0.1) is 59.9 Å². The van der Waals surface area contributed by atoms with Gasteiger partial charge in [-0.1, -0.05) is 48.5 Å². The number of H-pyrrole nitrogens is 2. The summed E-state index contributed by atoms with van der Waals surface area (Å²) in [6.07, 6.45) is 3.19. The Morgan fingerprint density at radius 1 is 0.623 bits per heavy atom. The van der Waals surface area contributed by atoms with Crippen LogP contribution >= 0.6 is 0 Å². The highest BCUT2D eigenvalue weighted by molar-refractivity contribution is 5.94. The molecule has 0 radical (unpaired) electrons. The number of aromatic amines is 2. The van der Waals surface area contributed by atoms with E-state index in [1.54, 1.807) is 24.8 Å². The van der Waals surface area contributed by atoms with E-state index < -0.39 is 15.8 Å². The molecule has 352 valence electrons. The van der Waals surface area contributed by atoms with Gasteiger partial charge in [-0.25, -0.2) is 19.9 Å². The highest BCUT2D eigenvalue weighted by atomic mass is 16.6. The number of benzene rings is 4. The van der Waals surface area contributed by atoms with Gasteiger partial charge in [0.2, 0.25) is 5.91 Å². The summed E-state index contributed by atoms with van der Waals surface area (Å²) in [5, 5.41) is 34.2. The van der Waals surface area contributed by atoms with E-state index >= 15 is 0 Å². The van der Waals surface area contributed by atoms with E-state index in [1.807, 2.05) is 54.6 Å². The van der Waals surface area contributed by atoms with Gasteiger partial charge in [-0.05, 0) is 58.7 Å². The summed E-state index contributed by atoms with van der Waals surface area (Å²) < 4.78 is 10.9. The number of rotatable bonds is 11. The number of nitrogens with zero attached hydrogens (tertiary/aromatic N) is 8. The number of carboxylic acids is 1. The van der Waals surface area contributed by atoms with Crippen molar-refractivity contribution in [3.63, 3.8) is 0 Å². The van der Waals surface area contributed by atoms with Gasteiger partial charge in [-0.3, -0.25) is 29.8 Å². The van der Waals surface area contributed by atoms with Gasteiger partial charge in [0.1, 0.15) is 35.6 Å². The number of fused-ring (bicyclic) bond motifs is 2. The SMILES string of the molecule is Nc1ccc(-c2cc3c(N4CCOCC4)ncnc3[nH]2)cc1.O=C(Cc1ccc([N+](=O)[O-])cc1)Nc1ccc(-c2cc3c(N4CCOCC4)ncnc3[nH]2)cc1.O=C(O)Cc1ccc([N+](=O)[O-])cc1. The molecule has 2 aliphatic rings. The number of hydrogen-bond acceptors (Lipinski definition) is 15. The van der Waals surface area contributed by atoms with Crippen LogP contribution in [0.25, 0.3) is 44.6 Å². The molecule has 10 rings (SSSR count). The zero-order chi connectivity index (χ0) is 48.3. The summed E-state index contributed by atoms with van der Waals surface area (Å²) in [6.45, 7) is 6.13. The predicted molar refractivity (Wildman–Crippen MR) is 259 cm³/mol. The Balaban J connectivity index is 0.000000156. The molecule has 2 aliphatic heterocycles. The summed E-state index contributed by atoms with van der Waals surface area (Å²) in [5.41, 5.74) is 14.0. The van der Waals surface area contributed by atoms with Gasteiger partial charge in [0.25, 0.3) is 11.4 Å². The van der Waals surface area contributed by atoms with Crippen molar-refractivity contribution < 1.29 is 34.0 Å². The molecule has 21 nitrogen and oxygen atoms in total. The highest BCUT2D eigenvalue weighted by Crippen LogP contribution is 2.31. The molecule has 0 unspecified atom stereocenters. The third-order valence-corrected chi connectivity index (χ3v) is 11.1. The van der Waals surface area contributed by atoms with Crippen molar-refractivity contribution in [1.29, 1.82) is 0 Å². The van der Waals surface area contributed by atoms with E-state index in [-0.39, 0.29) is 30.1 Å². The summed E-state index contributed by atoms with van der Waals surface area (Å²) in [5.74, 6) is 0.712. The van der Waals surface area contributed by atoms with Gasteiger partial charge >= 0.3 is 5.97 Å². The highest BCUT2D eigenvalue weighted by Gasteiger charge is 2.19. The molecule has 6 N–H and O–H groups in total. The number of carboxylic acid groups (broad SMARTS) is 1. The number of nitro benzene ring substituents is 2. The third kappa shape index (κ3) is 12.0. The fourth-order valence-electron chi connectivity index (χ4n) is 7.65. The number of anilines is 4. The summed E-state index contributed by atoms with van der Waals surface area (Å²) in [7, 11) is 0. The Bertz CT molecular complexity index is 3060. The number of ether oxygens (including phenoxy) is 2. The molecule has 0 spiro atoms. The maximum absolute atomic E-state index is 12.4. The summed E-state index contributed by atoms with van der Waals surface area (Å²) in [6, 6.07) is 30.9. The Labute approximate surface area is 393 Å². The third-order valence-electron chi connectivity index (χ3n) is 11.1. The number of aliphatic carboxylic acids is 1. The smallest absolute Gasteiger partial charge is 0.307 e. The van der Waals surface area contributed by atoms with Crippen LogP contribution in [-0.2, 0) is 31.9 Å². The molecular formula is C48H46N12O9. The minimum absolute atomic E-state index is 0.000211. The van der Waals surface area contributed by atoms with Crippen molar-refractivity contribution in [2.45, 2.75) is 12.8 Å². The summed E-state index contributed by atoms with van der Waals surface area (Å²) >= 11 is 0. The van der Waals surface area contributed by atoms with Crippen LogP contribution in [0.2, 0.25) is 0 Å². The second-order valence-electron chi connectivity index (χ2n) is 15.8. The fraction of sp³-hybridized carbons (Fsp3) is 0.208. The lowest BCUT2D eigenvalue weighted by molar-refractivity contribution is -0.385. The first-order valence-corrected chi connectivity index (χ1v) is 21.7. The number of carbonyl (C=O) groups excluding carboxylic acids is 1. The molecule has 21 heteroatoms. The molecule has 4 aromatic heterocycles. The van der Waals surface area contributed by atoms with E-state index in [0.717, 1.165) is 101 Å². The Hall–Kier alpha value is -8.82. The normalized spacial score (nSPS) is 13.4. The Morgan fingerprint density at radius 3 is 1.46 bits per heavy atom. The molecule has 1 amide bonds. The van der Waals surface area contributed by atoms with Gasteiger partial charge < -0.3 is 45.4 Å². The van der Waals surface area contributed by atoms with E-state index in [4.69, 9.17) is 20.3 Å². The number of nitrogen functional groups attached to an aromatic ring is 1. The Kier molecular flexibility index (Phi) is 14.7. The number of hydrogen-bond donors (Lipinski definition) is 5. The Morgan fingerprint density at radius 2 is 1.04 bits per heavy atom. The van der Waals surface area contributed by atoms with Gasteiger partial charge in [0.15, 0.2) is 0 Å². The number of aromatic nitrogens is 6. The molecule has 0 saturated carbocycles. The largest absolute Gasteiger partial charge is 0.481 e. The molecular weight excluding hydrogens is 889 g/mol. The molecule has 4 aromatic carbocycles. The number of nitrogens with one attached hydrogen (secondary N) is 3. The molecule has 2 saturated heterocycles. The lowest BCUT2D eigenvalue weighted by Crippen LogP contribution is -2.36. The second kappa shape index (κ2) is 21.7. The maximum atomic E-state index is 12.4. The van der Waals surface area contributed by atoms with Crippen LogP contribution in [0.5, 0.6) is 0 Å². The lowest BCUT2D eigenvalue weighted by Gasteiger charge is -2.27. The lowest BCUT2D eigenvalue weighted by atomic mass is 10.1. The second-order valence-corrected chi connectivity index (χ2v) is 15.8. The van der Waals surface area contributed by atoms with Crippen LogP contribution in [0.1, 0.15) is 11.1 Å². The van der Waals surface area contributed by atoms with Crippen molar-refractivity contribution in [3.8, 4) is 22.5 Å². The van der Waals surface area contributed by atoms with E-state index in [0.29, 0.717) is 30.0 Å². The average Bonchev–Trinajstić information content (AvgIpc) is 4.01. The molecule has 2 fully saturated rings. The fourth-order valence-corrected chi connectivity index (χ4v) is 7.65. The van der Waals surface area contributed by atoms with Crippen LogP contribution in [0.15, 0.2) is 122 Å². The van der Waals surface area contributed by atoms with E-state index in [9.17, 15) is 29.8 Å². The van der Waals surface area contributed by atoms with Crippen molar-refractivity contribution in [2.75, 3.05) is 73.5 Å². The number of nitro groups is 2. The van der Waals surface area contributed by atoms with Gasteiger partial charge in [-0.15, -0.1) is 0 Å². The molecule has 6 heterocycles. The first-order chi connectivity index (χ1) is 33.5. The van der Waals surface area contributed by atoms with Crippen LogP contribution in [0.4, 0.5) is 34.4 Å². The topological polar surface area (TPSA) is 287 Å². The van der Waals surface area contributed by atoms with E-state index in [2.05, 4.69) is 51.1 Å². The predicted octanol–water partition coefficient (Wildman–Crippen LogP) is 6.82. The summed E-state index contributed by atoms with van der Waals surface area (Å²) in [4.78, 5) is 71.5. The molecule has 0 atom stereocenters. The zero-order valence-electron chi connectivity index (χ0n) is 37.0. The first kappa shape index (κ1) is 46.7. The van der Waals surface area contributed by atoms with Crippen LogP contribution in [0.3, 0.4) is 0 Å². The van der Waals surface area contributed by atoms with Crippen LogP contribution < -0.4 is 20.9 Å². The number of morpholine rings is 2. The quantitative estimate of drug-likeness (QED) is 0.0505. The molecule has 69 heavy (non-hydrogen) atoms. The van der Waals surface area contributed by atoms with Crippen LogP contribution in [-0.4, -0.2) is 109 Å². The molecule has 0 aliphatic carbocycles. The van der Waals surface area contributed by atoms with Gasteiger partial charge in [0, 0.05) is 73.2 Å². The van der Waals surface area contributed by atoms with Crippen molar-refractivity contribution in [3.05, 3.63) is 153 Å². The maximum Gasteiger partial charge on any atom is 0.307 e. The molecule has 8 aromatic rings. The first-order valence-electron chi connectivity index (χ1n) is 21.7. The monoisotopic (exact) mass is 934 g/mol. The zero-order valence-corrected chi connectivity index (χ0v) is 37.0. The number of amides is 1. The average molecular weight is 935 g/mol. The van der Waals surface area contributed by atoms with Crippen molar-refractivity contribution >= 4 is 68.3 Å². The van der Waals surface area contributed by atoms with Gasteiger partial charge in [-0.2, -0.15) is 0 Å². The van der Waals surface area contributed by atoms with Crippen molar-refractivity contribution in [2.24, 2.45) is 0 Å². The van der Waals surface area contributed by atoms with Crippen LogP contribution in [0, 0.1) is 20.2 Å². The minimum atomic E-state index is -0.950.